The van der Waals surface area contributed by atoms with E-state index in [9.17, 15) is 4.79 Å². The molecule has 4 nitrogen and oxygen atoms in total. The van der Waals surface area contributed by atoms with Crippen molar-refractivity contribution in [1.29, 1.82) is 0 Å². The van der Waals surface area contributed by atoms with E-state index < -0.39 is 0 Å². The Labute approximate surface area is 76.5 Å². The van der Waals surface area contributed by atoms with Crippen LogP contribution in [0.2, 0.25) is 0 Å². The maximum atomic E-state index is 11.5. The van der Waals surface area contributed by atoms with Gasteiger partial charge in [-0.1, -0.05) is 6.92 Å². The van der Waals surface area contributed by atoms with Crippen LogP contribution in [-0.4, -0.2) is 16.9 Å². The molecule has 4 N–H and O–H groups in total. The van der Waals surface area contributed by atoms with Crippen molar-refractivity contribution >= 4 is 11.6 Å². The standard InChI is InChI=1S/C9H13N3O/c1-5-2-7(5)12-9(13)8-3-6(10)4-11-8/h3-5,7,11H,2,10H2,1H3,(H,12,13). The van der Waals surface area contributed by atoms with Crippen molar-refractivity contribution in [1.82, 2.24) is 10.3 Å². The minimum atomic E-state index is -0.0638. The first-order valence-electron chi connectivity index (χ1n) is 4.41. The molecule has 1 amide bonds. The number of rotatable bonds is 2. The first-order valence-corrected chi connectivity index (χ1v) is 4.41. The predicted octanol–water partition coefficient (Wildman–Crippen LogP) is 0.735. The van der Waals surface area contributed by atoms with Crippen molar-refractivity contribution in [2.75, 3.05) is 5.73 Å². The van der Waals surface area contributed by atoms with E-state index >= 15 is 0 Å². The van der Waals surface area contributed by atoms with Crippen LogP contribution in [0, 0.1) is 5.92 Å². The van der Waals surface area contributed by atoms with Gasteiger partial charge in [-0.25, -0.2) is 0 Å². The van der Waals surface area contributed by atoms with Gasteiger partial charge in [-0.15, -0.1) is 0 Å². The van der Waals surface area contributed by atoms with Crippen LogP contribution in [0.1, 0.15) is 23.8 Å². The third-order valence-corrected chi connectivity index (χ3v) is 2.38. The number of hydrogen-bond acceptors (Lipinski definition) is 2. The third kappa shape index (κ3) is 1.66. The lowest BCUT2D eigenvalue weighted by atomic mass is 10.4. The second-order valence-corrected chi connectivity index (χ2v) is 3.64. The molecular formula is C9H13N3O. The van der Waals surface area contributed by atoms with Crippen molar-refractivity contribution in [2.45, 2.75) is 19.4 Å². The minimum absolute atomic E-state index is 0.0638. The van der Waals surface area contributed by atoms with Gasteiger partial charge in [-0.05, 0) is 18.4 Å². The van der Waals surface area contributed by atoms with Crippen LogP contribution in [-0.2, 0) is 0 Å². The average molecular weight is 179 g/mol. The summed E-state index contributed by atoms with van der Waals surface area (Å²) >= 11 is 0. The fourth-order valence-corrected chi connectivity index (χ4v) is 1.31. The van der Waals surface area contributed by atoms with Gasteiger partial charge in [0.15, 0.2) is 0 Å². The Balaban J connectivity index is 1.97. The van der Waals surface area contributed by atoms with Crippen LogP contribution in [0.25, 0.3) is 0 Å². The average Bonchev–Trinajstić information content (AvgIpc) is 2.62. The number of carbonyl (C=O) groups excluding carboxylic acids is 1. The highest BCUT2D eigenvalue weighted by molar-refractivity contribution is 5.93. The Morgan fingerprint density at radius 1 is 1.77 bits per heavy atom. The number of H-pyrrole nitrogens is 1. The molecule has 0 saturated heterocycles. The summed E-state index contributed by atoms with van der Waals surface area (Å²) < 4.78 is 0. The Kier molecular flexibility index (Phi) is 1.76. The molecule has 1 heterocycles. The molecule has 1 aromatic heterocycles. The molecule has 0 radical (unpaired) electrons. The van der Waals surface area contributed by atoms with Gasteiger partial charge < -0.3 is 16.0 Å². The SMILES string of the molecule is CC1CC1NC(=O)c1cc(N)c[nH]1. The van der Waals surface area contributed by atoms with Gasteiger partial charge in [0.1, 0.15) is 5.69 Å². The Morgan fingerprint density at radius 3 is 2.92 bits per heavy atom. The predicted molar refractivity (Wildman–Crippen MR) is 50.2 cm³/mol. The number of aromatic amines is 1. The van der Waals surface area contributed by atoms with E-state index in [1.165, 1.54) is 0 Å². The van der Waals surface area contributed by atoms with Crippen LogP contribution in [0.5, 0.6) is 0 Å². The lowest BCUT2D eigenvalue weighted by molar-refractivity contribution is 0.0945. The van der Waals surface area contributed by atoms with E-state index in [1.54, 1.807) is 12.3 Å². The normalized spacial score (nSPS) is 25.6. The first-order chi connectivity index (χ1) is 6.16. The molecule has 1 aromatic rings. The van der Waals surface area contributed by atoms with E-state index in [0.29, 0.717) is 23.3 Å². The summed E-state index contributed by atoms with van der Waals surface area (Å²) in [5.74, 6) is 0.558. The lowest BCUT2D eigenvalue weighted by Gasteiger charge is -2.00. The van der Waals surface area contributed by atoms with Crippen molar-refractivity contribution in [3.8, 4) is 0 Å². The Bertz CT molecular complexity index is 331. The summed E-state index contributed by atoms with van der Waals surface area (Å²) in [7, 11) is 0. The largest absolute Gasteiger partial charge is 0.397 e. The summed E-state index contributed by atoms with van der Waals surface area (Å²) in [6.45, 7) is 2.12. The van der Waals surface area contributed by atoms with Crippen molar-refractivity contribution < 1.29 is 4.79 Å². The molecule has 2 rings (SSSR count). The van der Waals surface area contributed by atoms with E-state index in [0.717, 1.165) is 6.42 Å². The highest BCUT2D eigenvalue weighted by Gasteiger charge is 2.34. The molecule has 0 aliphatic heterocycles. The number of amides is 1. The molecule has 1 aliphatic carbocycles. The van der Waals surface area contributed by atoms with Crippen molar-refractivity contribution in [3.05, 3.63) is 18.0 Å². The number of hydrogen-bond donors (Lipinski definition) is 3. The highest BCUT2D eigenvalue weighted by Crippen LogP contribution is 2.29. The zero-order valence-corrected chi connectivity index (χ0v) is 7.50. The molecule has 70 valence electrons. The Morgan fingerprint density at radius 2 is 2.46 bits per heavy atom. The molecule has 1 saturated carbocycles. The third-order valence-electron chi connectivity index (χ3n) is 2.38. The van der Waals surface area contributed by atoms with E-state index in [1.807, 2.05) is 0 Å². The number of aromatic nitrogens is 1. The Hall–Kier alpha value is -1.45. The fourth-order valence-electron chi connectivity index (χ4n) is 1.31. The molecule has 2 atom stereocenters. The molecular weight excluding hydrogens is 166 g/mol. The number of nitrogen functional groups attached to an aromatic ring is 1. The van der Waals surface area contributed by atoms with Crippen molar-refractivity contribution in [3.63, 3.8) is 0 Å². The van der Waals surface area contributed by atoms with Crippen LogP contribution < -0.4 is 11.1 Å². The molecule has 0 aromatic carbocycles. The second kappa shape index (κ2) is 2.80. The van der Waals surface area contributed by atoms with E-state index in [-0.39, 0.29) is 5.91 Å². The van der Waals surface area contributed by atoms with Crippen LogP contribution in [0.15, 0.2) is 12.3 Å². The first kappa shape index (κ1) is 8.16. The highest BCUT2D eigenvalue weighted by atomic mass is 16.2. The summed E-state index contributed by atoms with van der Waals surface area (Å²) in [5.41, 5.74) is 6.61. The van der Waals surface area contributed by atoms with Gasteiger partial charge in [0.25, 0.3) is 5.91 Å². The molecule has 1 fully saturated rings. The topological polar surface area (TPSA) is 70.9 Å². The van der Waals surface area contributed by atoms with Gasteiger partial charge in [0.05, 0.1) is 0 Å². The summed E-state index contributed by atoms with van der Waals surface area (Å²) in [5, 5.41) is 2.91. The molecule has 0 spiro atoms. The monoisotopic (exact) mass is 179 g/mol. The second-order valence-electron chi connectivity index (χ2n) is 3.64. The summed E-state index contributed by atoms with van der Waals surface area (Å²) in [6.07, 6.45) is 2.70. The number of nitrogens with one attached hydrogen (secondary N) is 2. The fraction of sp³-hybridized carbons (Fsp3) is 0.444. The molecule has 1 aliphatic rings. The van der Waals surface area contributed by atoms with Gasteiger partial charge in [-0.2, -0.15) is 0 Å². The maximum absolute atomic E-state index is 11.5. The number of carbonyl (C=O) groups is 1. The molecule has 13 heavy (non-hydrogen) atoms. The van der Waals surface area contributed by atoms with Gasteiger partial charge in [0, 0.05) is 17.9 Å². The van der Waals surface area contributed by atoms with E-state index in [2.05, 4.69) is 17.2 Å². The maximum Gasteiger partial charge on any atom is 0.267 e. The van der Waals surface area contributed by atoms with Crippen LogP contribution >= 0.6 is 0 Å². The summed E-state index contributed by atoms with van der Waals surface area (Å²) in [6, 6.07) is 2.00. The molecule has 2 unspecified atom stereocenters. The molecule has 4 heteroatoms. The van der Waals surface area contributed by atoms with Crippen LogP contribution in [0.3, 0.4) is 0 Å². The smallest absolute Gasteiger partial charge is 0.267 e. The minimum Gasteiger partial charge on any atom is -0.397 e. The lowest BCUT2D eigenvalue weighted by Crippen LogP contribution is -2.26. The van der Waals surface area contributed by atoms with Gasteiger partial charge in [-0.3, -0.25) is 4.79 Å². The quantitative estimate of drug-likeness (QED) is 0.626. The van der Waals surface area contributed by atoms with Crippen LogP contribution in [0.4, 0.5) is 5.69 Å². The van der Waals surface area contributed by atoms with E-state index in [4.69, 9.17) is 5.73 Å². The zero-order valence-electron chi connectivity index (χ0n) is 7.50. The number of anilines is 1. The molecule has 0 bridgehead atoms. The van der Waals surface area contributed by atoms with Crippen molar-refractivity contribution in [2.24, 2.45) is 5.92 Å². The zero-order chi connectivity index (χ0) is 9.42. The number of nitrogens with two attached hydrogens (primary N) is 1. The van der Waals surface area contributed by atoms with Gasteiger partial charge in [0.2, 0.25) is 0 Å². The van der Waals surface area contributed by atoms with Gasteiger partial charge >= 0.3 is 0 Å². The summed E-state index contributed by atoms with van der Waals surface area (Å²) in [4.78, 5) is 14.3.